The van der Waals surface area contributed by atoms with Crippen molar-refractivity contribution in [2.24, 2.45) is 16.2 Å². The molecule has 0 aromatic heterocycles. The van der Waals surface area contributed by atoms with Gasteiger partial charge in [-0.05, 0) is 48.3 Å². The van der Waals surface area contributed by atoms with Crippen LogP contribution in [0.5, 0.6) is 0 Å². The molecule has 106 valence electrons. The SMILES string of the molecule is C=C(C)C(=C(C)C)C1(C)C(C)(C)C(=C)C(=C)C1(C)C. The molecule has 0 radical (unpaired) electrons. The molecular formula is C19H30. The van der Waals surface area contributed by atoms with Crippen molar-refractivity contribution in [1.29, 1.82) is 0 Å². The highest BCUT2D eigenvalue weighted by atomic mass is 14.6. The van der Waals surface area contributed by atoms with Crippen LogP contribution in [0.25, 0.3) is 0 Å². The van der Waals surface area contributed by atoms with Crippen LogP contribution in [0.3, 0.4) is 0 Å². The molecule has 0 spiro atoms. The van der Waals surface area contributed by atoms with Gasteiger partial charge in [-0.1, -0.05) is 65.5 Å². The summed E-state index contributed by atoms with van der Waals surface area (Å²) in [7, 11) is 0. The third-order valence-electron chi connectivity index (χ3n) is 5.80. The van der Waals surface area contributed by atoms with Crippen molar-refractivity contribution >= 4 is 0 Å². The zero-order chi connectivity index (χ0) is 15.4. The molecule has 19 heavy (non-hydrogen) atoms. The standard InChI is InChI=1S/C19H30/c1-12(2)16(13(3)4)19(11)17(7,8)14(5)15(6)18(19,9)10/h1,5-6H2,2-4,7-11H3. The molecule has 0 heteroatoms. The van der Waals surface area contributed by atoms with Gasteiger partial charge in [0.05, 0.1) is 0 Å². The Balaban J connectivity index is 3.79. The maximum absolute atomic E-state index is 4.33. The summed E-state index contributed by atoms with van der Waals surface area (Å²) in [5.74, 6) is 0. The third kappa shape index (κ3) is 1.72. The minimum absolute atomic E-state index is 0.0147. The van der Waals surface area contributed by atoms with Crippen LogP contribution in [0.1, 0.15) is 55.4 Å². The Bertz CT molecular complexity index is 462. The number of hydrogen-bond donors (Lipinski definition) is 0. The second kappa shape index (κ2) is 4.23. The van der Waals surface area contributed by atoms with Crippen LogP contribution >= 0.6 is 0 Å². The molecular weight excluding hydrogens is 228 g/mol. The quantitative estimate of drug-likeness (QED) is 0.526. The molecule has 0 aromatic carbocycles. The summed E-state index contributed by atoms with van der Waals surface area (Å²) < 4.78 is 0. The van der Waals surface area contributed by atoms with Crippen LogP contribution in [-0.4, -0.2) is 0 Å². The van der Waals surface area contributed by atoms with Crippen molar-refractivity contribution in [3.8, 4) is 0 Å². The zero-order valence-electron chi connectivity index (χ0n) is 14.1. The van der Waals surface area contributed by atoms with Gasteiger partial charge >= 0.3 is 0 Å². The molecule has 0 unspecified atom stereocenters. The first-order valence-corrected chi connectivity index (χ1v) is 7.06. The van der Waals surface area contributed by atoms with Crippen molar-refractivity contribution in [3.05, 3.63) is 47.6 Å². The predicted octanol–water partition coefficient (Wildman–Crippen LogP) is 6.08. The summed E-state index contributed by atoms with van der Waals surface area (Å²) in [5, 5.41) is 0. The van der Waals surface area contributed by atoms with E-state index in [4.69, 9.17) is 0 Å². The minimum atomic E-state index is -0.0289. The fourth-order valence-electron chi connectivity index (χ4n) is 4.12. The third-order valence-corrected chi connectivity index (χ3v) is 5.80. The highest BCUT2D eigenvalue weighted by Gasteiger charge is 2.62. The lowest BCUT2D eigenvalue weighted by Gasteiger charge is -2.49. The molecule has 0 atom stereocenters. The van der Waals surface area contributed by atoms with E-state index in [2.05, 4.69) is 75.1 Å². The first-order chi connectivity index (χ1) is 8.33. The van der Waals surface area contributed by atoms with E-state index in [1.165, 1.54) is 22.3 Å². The van der Waals surface area contributed by atoms with Crippen LogP contribution in [-0.2, 0) is 0 Å². The van der Waals surface area contributed by atoms with E-state index in [-0.39, 0.29) is 16.2 Å². The summed E-state index contributed by atoms with van der Waals surface area (Å²) in [6.07, 6.45) is 0. The van der Waals surface area contributed by atoms with Crippen LogP contribution in [0, 0.1) is 16.2 Å². The van der Waals surface area contributed by atoms with E-state index < -0.39 is 0 Å². The van der Waals surface area contributed by atoms with Gasteiger partial charge in [0.25, 0.3) is 0 Å². The Hall–Kier alpha value is -1.04. The van der Waals surface area contributed by atoms with E-state index in [0.717, 1.165) is 5.57 Å². The maximum atomic E-state index is 4.33. The molecule has 1 fully saturated rings. The second-order valence-electron chi connectivity index (χ2n) is 7.49. The molecule has 1 aliphatic rings. The van der Waals surface area contributed by atoms with Crippen molar-refractivity contribution in [2.75, 3.05) is 0 Å². The fourth-order valence-corrected chi connectivity index (χ4v) is 4.12. The normalized spacial score (nSPS) is 23.4. The summed E-state index contributed by atoms with van der Waals surface area (Å²) in [5.41, 5.74) is 6.18. The lowest BCUT2D eigenvalue weighted by Crippen LogP contribution is -2.42. The van der Waals surface area contributed by atoms with Gasteiger partial charge in [0.15, 0.2) is 0 Å². The Morgan fingerprint density at radius 3 is 1.32 bits per heavy atom. The van der Waals surface area contributed by atoms with Gasteiger partial charge < -0.3 is 0 Å². The van der Waals surface area contributed by atoms with E-state index in [9.17, 15) is 0 Å². The molecule has 0 N–H and O–H groups in total. The van der Waals surface area contributed by atoms with Crippen molar-refractivity contribution in [1.82, 2.24) is 0 Å². The monoisotopic (exact) mass is 258 g/mol. The highest BCUT2D eigenvalue weighted by molar-refractivity contribution is 5.55. The zero-order valence-corrected chi connectivity index (χ0v) is 14.1. The summed E-state index contributed by atoms with van der Waals surface area (Å²) in [6, 6.07) is 0. The molecule has 0 nitrogen and oxygen atoms in total. The Kier molecular flexibility index (Phi) is 3.57. The van der Waals surface area contributed by atoms with Crippen molar-refractivity contribution < 1.29 is 0 Å². The minimum Gasteiger partial charge on any atom is -0.0958 e. The fraction of sp³-hybridized carbons (Fsp3) is 0.579. The van der Waals surface area contributed by atoms with Crippen molar-refractivity contribution in [3.63, 3.8) is 0 Å². The van der Waals surface area contributed by atoms with Gasteiger partial charge in [0, 0.05) is 5.41 Å². The lowest BCUT2D eigenvalue weighted by atomic mass is 9.54. The Labute approximate surface area is 120 Å². The highest BCUT2D eigenvalue weighted by Crippen LogP contribution is 2.70. The van der Waals surface area contributed by atoms with E-state index in [0.29, 0.717) is 0 Å². The van der Waals surface area contributed by atoms with Crippen LogP contribution in [0.4, 0.5) is 0 Å². The summed E-state index contributed by atoms with van der Waals surface area (Å²) >= 11 is 0. The molecule has 0 aliphatic heterocycles. The molecule has 0 bridgehead atoms. The molecule has 0 amide bonds. The molecule has 1 saturated carbocycles. The van der Waals surface area contributed by atoms with Gasteiger partial charge in [-0.25, -0.2) is 0 Å². The average Bonchev–Trinajstić information content (AvgIpc) is 2.31. The first-order valence-electron chi connectivity index (χ1n) is 7.06. The van der Waals surface area contributed by atoms with E-state index >= 15 is 0 Å². The van der Waals surface area contributed by atoms with Crippen LogP contribution in [0.15, 0.2) is 47.6 Å². The molecule has 1 rings (SSSR count). The Morgan fingerprint density at radius 1 is 0.789 bits per heavy atom. The number of hydrogen-bond acceptors (Lipinski definition) is 0. The predicted molar refractivity (Wildman–Crippen MR) is 87.1 cm³/mol. The van der Waals surface area contributed by atoms with Gasteiger partial charge in [-0.3, -0.25) is 0 Å². The van der Waals surface area contributed by atoms with E-state index in [1.807, 2.05) is 0 Å². The second-order valence-corrected chi connectivity index (χ2v) is 7.49. The van der Waals surface area contributed by atoms with Gasteiger partial charge in [-0.15, -0.1) is 0 Å². The van der Waals surface area contributed by atoms with Crippen LogP contribution in [0.2, 0.25) is 0 Å². The largest absolute Gasteiger partial charge is 0.0958 e. The molecule has 0 aromatic rings. The van der Waals surface area contributed by atoms with E-state index in [1.54, 1.807) is 0 Å². The topological polar surface area (TPSA) is 0 Å². The summed E-state index contributed by atoms with van der Waals surface area (Å²) in [6.45, 7) is 30.9. The molecule has 0 heterocycles. The molecule has 0 saturated heterocycles. The average molecular weight is 258 g/mol. The number of allylic oxidation sites excluding steroid dienone is 5. The first kappa shape index (κ1) is 16.0. The summed E-state index contributed by atoms with van der Waals surface area (Å²) in [4.78, 5) is 0. The van der Waals surface area contributed by atoms with Gasteiger partial charge in [0.2, 0.25) is 0 Å². The number of rotatable bonds is 2. The smallest absolute Gasteiger partial charge is 0.0109 e. The Morgan fingerprint density at radius 2 is 1.11 bits per heavy atom. The van der Waals surface area contributed by atoms with Gasteiger partial charge in [0.1, 0.15) is 0 Å². The molecule has 1 aliphatic carbocycles. The van der Waals surface area contributed by atoms with Crippen LogP contribution < -0.4 is 0 Å². The lowest BCUT2D eigenvalue weighted by molar-refractivity contribution is 0.0978. The maximum Gasteiger partial charge on any atom is 0.0109 e. The van der Waals surface area contributed by atoms with Crippen molar-refractivity contribution in [2.45, 2.75) is 55.4 Å². The van der Waals surface area contributed by atoms with Gasteiger partial charge in [-0.2, -0.15) is 0 Å².